The van der Waals surface area contributed by atoms with Gasteiger partial charge in [0.05, 0.1) is 18.3 Å². The summed E-state index contributed by atoms with van der Waals surface area (Å²) in [5, 5.41) is 6.57. The molecule has 0 radical (unpaired) electrons. The lowest BCUT2D eigenvalue weighted by molar-refractivity contribution is 0.441. The van der Waals surface area contributed by atoms with Crippen molar-refractivity contribution in [1.29, 1.82) is 0 Å². The van der Waals surface area contributed by atoms with E-state index in [1.807, 2.05) is 32.0 Å². The molecule has 0 spiro atoms. The minimum atomic E-state index is 0.0507. The SMILES string of the molecule is CN=C(NCc1ncccc1C)NC(C)c1ccc(C)o1. The summed E-state index contributed by atoms with van der Waals surface area (Å²) in [6, 6.07) is 7.97. The zero-order chi connectivity index (χ0) is 15.2. The number of aryl methyl sites for hydroxylation is 2. The topological polar surface area (TPSA) is 62.5 Å². The van der Waals surface area contributed by atoms with E-state index in [2.05, 4.69) is 33.6 Å². The minimum absolute atomic E-state index is 0.0507. The van der Waals surface area contributed by atoms with Crippen LogP contribution in [0, 0.1) is 13.8 Å². The molecule has 112 valence electrons. The van der Waals surface area contributed by atoms with Crippen LogP contribution < -0.4 is 10.6 Å². The van der Waals surface area contributed by atoms with Crippen LogP contribution in [0.25, 0.3) is 0 Å². The summed E-state index contributed by atoms with van der Waals surface area (Å²) in [5.41, 5.74) is 2.18. The largest absolute Gasteiger partial charge is 0.464 e. The number of nitrogens with zero attached hydrogens (tertiary/aromatic N) is 2. The van der Waals surface area contributed by atoms with E-state index in [0.29, 0.717) is 6.54 Å². The van der Waals surface area contributed by atoms with Gasteiger partial charge in [0.2, 0.25) is 0 Å². The van der Waals surface area contributed by atoms with Crippen LogP contribution in [-0.2, 0) is 6.54 Å². The number of rotatable bonds is 4. The van der Waals surface area contributed by atoms with Gasteiger partial charge in [-0.1, -0.05) is 6.07 Å². The first-order valence-corrected chi connectivity index (χ1v) is 7.04. The fourth-order valence-electron chi connectivity index (χ4n) is 2.03. The molecule has 2 rings (SSSR count). The van der Waals surface area contributed by atoms with E-state index in [1.54, 1.807) is 13.2 Å². The Morgan fingerprint density at radius 2 is 2.14 bits per heavy atom. The van der Waals surface area contributed by atoms with Gasteiger partial charge in [0.1, 0.15) is 11.5 Å². The van der Waals surface area contributed by atoms with Gasteiger partial charge in [0.25, 0.3) is 0 Å². The maximum absolute atomic E-state index is 5.61. The third-order valence-corrected chi connectivity index (χ3v) is 3.31. The highest BCUT2D eigenvalue weighted by molar-refractivity contribution is 5.79. The van der Waals surface area contributed by atoms with Crippen molar-refractivity contribution in [2.45, 2.75) is 33.4 Å². The molecule has 5 nitrogen and oxygen atoms in total. The van der Waals surface area contributed by atoms with Crippen LogP contribution in [0.4, 0.5) is 0 Å². The van der Waals surface area contributed by atoms with Crippen molar-refractivity contribution in [2.24, 2.45) is 4.99 Å². The summed E-state index contributed by atoms with van der Waals surface area (Å²) < 4.78 is 5.61. The molecule has 2 N–H and O–H groups in total. The molecule has 0 saturated heterocycles. The van der Waals surface area contributed by atoms with Crippen LogP contribution in [0.2, 0.25) is 0 Å². The highest BCUT2D eigenvalue weighted by atomic mass is 16.3. The van der Waals surface area contributed by atoms with Gasteiger partial charge in [-0.05, 0) is 44.5 Å². The van der Waals surface area contributed by atoms with Gasteiger partial charge in [-0.2, -0.15) is 0 Å². The molecule has 0 amide bonds. The molecule has 0 aromatic carbocycles. The lowest BCUT2D eigenvalue weighted by Crippen LogP contribution is -2.38. The van der Waals surface area contributed by atoms with E-state index in [4.69, 9.17) is 4.42 Å². The third kappa shape index (κ3) is 4.08. The Balaban J connectivity index is 1.93. The summed E-state index contributed by atoms with van der Waals surface area (Å²) in [7, 11) is 1.75. The van der Waals surface area contributed by atoms with E-state index in [9.17, 15) is 0 Å². The van der Waals surface area contributed by atoms with Gasteiger partial charge < -0.3 is 15.1 Å². The predicted molar refractivity (Wildman–Crippen MR) is 84.2 cm³/mol. The quantitative estimate of drug-likeness (QED) is 0.670. The second kappa shape index (κ2) is 6.92. The fraction of sp³-hybridized carbons (Fsp3) is 0.375. The number of furan rings is 1. The number of pyridine rings is 1. The molecule has 0 fully saturated rings. The average molecular weight is 286 g/mol. The Morgan fingerprint density at radius 1 is 1.33 bits per heavy atom. The predicted octanol–water partition coefficient (Wildman–Crippen LogP) is 2.72. The second-order valence-corrected chi connectivity index (χ2v) is 5.01. The zero-order valence-electron chi connectivity index (χ0n) is 13.0. The van der Waals surface area contributed by atoms with Crippen LogP contribution in [0.3, 0.4) is 0 Å². The van der Waals surface area contributed by atoms with Gasteiger partial charge in [0.15, 0.2) is 5.96 Å². The molecular formula is C16H22N4O. The van der Waals surface area contributed by atoms with Gasteiger partial charge >= 0.3 is 0 Å². The molecule has 2 aromatic heterocycles. The maximum atomic E-state index is 5.61. The number of hydrogen-bond acceptors (Lipinski definition) is 3. The summed E-state index contributed by atoms with van der Waals surface area (Å²) in [6.07, 6.45) is 1.80. The molecule has 0 saturated carbocycles. The molecular weight excluding hydrogens is 264 g/mol. The van der Waals surface area contributed by atoms with Crippen LogP contribution in [0.1, 0.15) is 35.7 Å². The van der Waals surface area contributed by atoms with Crippen molar-refractivity contribution >= 4 is 5.96 Å². The summed E-state index contributed by atoms with van der Waals surface area (Å²) in [4.78, 5) is 8.59. The molecule has 0 aliphatic heterocycles. The smallest absolute Gasteiger partial charge is 0.191 e. The molecule has 21 heavy (non-hydrogen) atoms. The van der Waals surface area contributed by atoms with Crippen molar-refractivity contribution in [1.82, 2.24) is 15.6 Å². The van der Waals surface area contributed by atoms with Gasteiger partial charge in [-0.3, -0.25) is 9.98 Å². The number of aromatic nitrogens is 1. The number of guanidine groups is 1. The van der Waals surface area contributed by atoms with Gasteiger partial charge in [0, 0.05) is 13.2 Å². The van der Waals surface area contributed by atoms with Crippen molar-refractivity contribution < 1.29 is 4.42 Å². The first-order chi connectivity index (χ1) is 10.1. The zero-order valence-corrected chi connectivity index (χ0v) is 13.0. The minimum Gasteiger partial charge on any atom is -0.464 e. The Hall–Kier alpha value is -2.30. The van der Waals surface area contributed by atoms with E-state index >= 15 is 0 Å². The lowest BCUT2D eigenvalue weighted by Gasteiger charge is -2.16. The summed E-state index contributed by atoms with van der Waals surface area (Å²) in [6.45, 7) is 6.66. The molecule has 0 aliphatic rings. The molecule has 2 heterocycles. The van der Waals surface area contributed by atoms with E-state index < -0.39 is 0 Å². The summed E-state index contributed by atoms with van der Waals surface area (Å²) >= 11 is 0. The highest BCUT2D eigenvalue weighted by Gasteiger charge is 2.11. The maximum Gasteiger partial charge on any atom is 0.191 e. The first kappa shape index (κ1) is 15.1. The van der Waals surface area contributed by atoms with Crippen molar-refractivity contribution in [3.05, 3.63) is 53.2 Å². The average Bonchev–Trinajstić information content (AvgIpc) is 2.91. The molecule has 1 atom stereocenters. The van der Waals surface area contributed by atoms with E-state index in [1.165, 1.54) is 0 Å². The van der Waals surface area contributed by atoms with Crippen LogP contribution in [0.15, 0.2) is 39.9 Å². The van der Waals surface area contributed by atoms with Gasteiger partial charge in [-0.25, -0.2) is 0 Å². The van der Waals surface area contributed by atoms with Crippen LogP contribution >= 0.6 is 0 Å². The standard InChI is InChI=1S/C16H22N4O/c1-11-6-5-9-18-14(11)10-19-16(17-4)20-13(3)15-8-7-12(2)21-15/h5-9,13H,10H2,1-4H3,(H2,17,19,20). The van der Waals surface area contributed by atoms with Crippen LogP contribution in [-0.4, -0.2) is 18.0 Å². The Labute approximate surface area is 125 Å². The molecule has 5 heteroatoms. The van der Waals surface area contributed by atoms with Crippen molar-refractivity contribution in [3.8, 4) is 0 Å². The number of nitrogens with one attached hydrogen (secondary N) is 2. The fourth-order valence-corrected chi connectivity index (χ4v) is 2.03. The first-order valence-electron chi connectivity index (χ1n) is 7.04. The number of hydrogen-bond donors (Lipinski definition) is 2. The normalized spacial score (nSPS) is 13.0. The highest BCUT2D eigenvalue weighted by Crippen LogP contribution is 2.15. The van der Waals surface area contributed by atoms with Crippen molar-refractivity contribution in [3.63, 3.8) is 0 Å². The van der Waals surface area contributed by atoms with Gasteiger partial charge in [-0.15, -0.1) is 0 Å². The molecule has 0 bridgehead atoms. The molecule has 1 unspecified atom stereocenters. The van der Waals surface area contributed by atoms with E-state index in [0.717, 1.165) is 28.7 Å². The van der Waals surface area contributed by atoms with Crippen LogP contribution in [0.5, 0.6) is 0 Å². The van der Waals surface area contributed by atoms with E-state index in [-0.39, 0.29) is 6.04 Å². The summed E-state index contributed by atoms with van der Waals surface area (Å²) in [5.74, 6) is 2.52. The third-order valence-electron chi connectivity index (χ3n) is 3.31. The Morgan fingerprint density at radius 3 is 2.76 bits per heavy atom. The monoisotopic (exact) mass is 286 g/mol. The number of aliphatic imine (C=N–C) groups is 1. The Kier molecular flexibility index (Phi) is 4.98. The Bertz CT molecular complexity index is 618. The molecule has 2 aromatic rings. The second-order valence-electron chi connectivity index (χ2n) is 5.01. The molecule has 0 aliphatic carbocycles. The lowest BCUT2D eigenvalue weighted by atomic mass is 10.2. The van der Waals surface area contributed by atoms with Crippen molar-refractivity contribution in [2.75, 3.05) is 7.05 Å².